The number of halogens is 2. The van der Waals surface area contributed by atoms with E-state index in [0.29, 0.717) is 41.1 Å². The van der Waals surface area contributed by atoms with E-state index in [2.05, 4.69) is 14.9 Å². The van der Waals surface area contributed by atoms with Gasteiger partial charge in [0, 0.05) is 23.4 Å². The standard InChI is InChI=1S/C29H29ClFN5O4/c30-19-4-7-25(22(31)15-19)40-27-3-1-2-20(32-27)14-18-8-11-35(12-9-18)17-26-33-23-5-6-24(29(37)38)34-28(23)36(26)16-21-10-13-39-21/h1-7,15,18,21H,8-14,16-17H2,(H,37,38). The maximum Gasteiger partial charge on any atom is 0.354 e. The number of carbonyl (C=O) groups is 1. The molecule has 11 heteroatoms. The fourth-order valence-electron chi connectivity index (χ4n) is 5.26. The first-order valence-corrected chi connectivity index (χ1v) is 13.8. The number of pyridine rings is 2. The molecular weight excluding hydrogens is 537 g/mol. The van der Waals surface area contributed by atoms with Gasteiger partial charge in [-0.15, -0.1) is 0 Å². The molecule has 5 heterocycles. The Balaban J connectivity index is 1.09. The van der Waals surface area contributed by atoms with Gasteiger partial charge in [-0.25, -0.2) is 24.1 Å². The van der Waals surface area contributed by atoms with Crippen LogP contribution in [0.1, 0.15) is 41.3 Å². The van der Waals surface area contributed by atoms with Gasteiger partial charge in [-0.2, -0.15) is 0 Å². The number of hydrogen-bond acceptors (Lipinski definition) is 7. The second-order valence-electron chi connectivity index (χ2n) is 10.3. The third kappa shape index (κ3) is 5.94. The van der Waals surface area contributed by atoms with Crippen molar-refractivity contribution in [1.82, 2.24) is 24.4 Å². The van der Waals surface area contributed by atoms with E-state index in [1.54, 1.807) is 18.2 Å². The van der Waals surface area contributed by atoms with Crippen molar-refractivity contribution in [3.8, 4) is 11.6 Å². The molecule has 0 radical (unpaired) electrons. The first kappa shape index (κ1) is 26.6. The highest BCUT2D eigenvalue weighted by molar-refractivity contribution is 6.30. The van der Waals surface area contributed by atoms with Gasteiger partial charge in [0.2, 0.25) is 5.88 Å². The smallest absolute Gasteiger partial charge is 0.354 e. The maximum atomic E-state index is 14.1. The summed E-state index contributed by atoms with van der Waals surface area (Å²) >= 11 is 5.83. The summed E-state index contributed by atoms with van der Waals surface area (Å²) < 4.78 is 27.5. The first-order chi connectivity index (χ1) is 19.4. The molecule has 0 saturated carbocycles. The number of hydrogen-bond donors (Lipinski definition) is 1. The van der Waals surface area contributed by atoms with Crippen molar-refractivity contribution in [2.24, 2.45) is 5.92 Å². The highest BCUT2D eigenvalue weighted by Crippen LogP contribution is 2.28. The molecule has 0 spiro atoms. The van der Waals surface area contributed by atoms with Crippen LogP contribution in [0.3, 0.4) is 0 Å². The Morgan fingerprint density at radius 2 is 1.93 bits per heavy atom. The van der Waals surface area contributed by atoms with Gasteiger partial charge in [-0.05, 0) is 81.1 Å². The molecule has 2 fully saturated rings. The molecule has 2 aliphatic rings. The summed E-state index contributed by atoms with van der Waals surface area (Å²) in [4.78, 5) is 27.7. The number of likely N-dealkylation sites (tertiary alicyclic amines) is 1. The predicted octanol–water partition coefficient (Wildman–Crippen LogP) is 5.35. The summed E-state index contributed by atoms with van der Waals surface area (Å²) in [6.07, 6.45) is 3.89. The summed E-state index contributed by atoms with van der Waals surface area (Å²) in [5, 5.41) is 9.73. The Hall–Kier alpha value is -3.60. The van der Waals surface area contributed by atoms with Crippen LogP contribution in [0.5, 0.6) is 11.6 Å². The lowest BCUT2D eigenvalue weighted by molar-refractivity contribution is -0.0593. The van der Waals surface area contributed by atoms with Crippen LogP contribution < -0.4 is 4.74 Å². The molecule has 40 heavy (non-hydrogen) atoms. The largest absolute Gasteiger partial charge is 0.477 e. The van der Waals surface area contributed by atoms with Crippen LogP contribution in [0.25, 0.3) is 11.2 Å². The Morgan fingerprint density at radius 3 is 2.65 bits per heavy atom. The number of imidazole rings is 1. The molecule has 4 aromatic rings. The van der Waals surface area contributed by atoms with Gasteiger partial charge in [-0.1, -0.05) is 17.7 Å². The number of rotatable bonds is 9. The lowest BCUT2D eigenvalue weighted by Gasteiger charge is -2.32. The van der Waals surface area contributed by atoms with Crippen LogP contribution in [-0.2, 0) is 24.2 Å². The molecule has 1 N–H and O–H groups in total. The molecule has 0 aliphatic carbocycles. The SMILES string of the molecule is O=C(O)c1ccc2nc(CN3CCC(Cc4cccc(Oc5ccc(Cl)cc5F)n4)CC3)n(CC3CCO3)c2n1. The fourth-order valence-corrected chi connectivity index (χ4v) is 5.41. The van der Waals surface area contributed by atoms with Crippen molar-refractivity contribution in [3.05, 3.63) is 76.6 Å². The molecule has 208 valence electrons. The molecule has 0 bridgehead atoms. The summed E-state index contributed by atoms with van der Waals surface area (Å²) in [5.74, 6) is 0.200. The van der Waals surface area contributed by atoms with E-state index in [-0.39, 0.29) is 17.5 Å². The lowest BCUT2D eigenvalue weighted by atomic mass is 9.92. The molecular formula is C29H29ClFN5O4. The lowest BCUT2D eigenvalue weighted by Crippen LogP contribution is -2.36. The van der Waals surface area contributed by atoms with E-state index in [9.17, 15) is 14.3 Å². The number of aromatic nitrogens is 4. The van der Waals surface area contributed by atoms with Gasteiger partial charge in [-0.3, -0.25) is 4.90 Å². The normalized spacial score (nSPS) is 18.1. The Labute approximate surface area is 235 Å². The zero-order chi connectivity index (χ0) is 27.6. The van der Waals surface area contributed by atoms with Crippen molar-refractivity contribution in [3.63, 3.8) is 0 Å². The molecule has 1 aromatic carbocycles. The number of carboxylic acid groups (broad SMARTS) is 1. The van der Waals surface area contributed by atoms with Crippen LogP contribution >= 0.6 is 11.6 Å². The minimum absolute atomic E-state index is 0.0110. The minimum Gasteiger partial charge on any atom is -0.477 e. The van der Waals surface area contributed by atoms with E-state index in [1.807, 2.05) is 16.7 Å². The van der Waals surface area contributed by atoms with Crippen LogP contribution in [0.15, 0.2) is 48.5 Å². The summed E-state index contributed by atoms with van der Waals surface area (Å²) in [6.45, 7) is 3.84. The maximum absolute atomic E-state index is 14.1. The molecule has 6 rings (SSSR count). The van der Waals surface area contributed by atoms with Crippen molar-refractivity contribution in [1.29, 1.82) is 0 Å². The first-order valence-electron chi connectivity index (χ1n) is 13.4. The van der Waals surface area contributed by atoms with E-state index < -0.39 is 11.8 Å². The molecule has 0 amide bonds. The second-order valence-corrected chi connectivity index (χ2v) is 10.8. The quantitative estimate of drug-likeness (QED) is 0.290. The van der Waals surface area contributed by atoms with E-state index in [0.717, 1.165) is 56.9 Å². The Bertz CT molecular complexity index is 1530. The Morgan fingerprint density at radius 1 is 1.10 bits per heavy atom. The average molecular weight is 566 g/mol. The van der Waals surface area contributed by atoms with Gasteiger partial charge in [0.05, 0.1) is 19.2 Å². The topological polar surface area (TPSA) is 103 Å². The second kappa shape index (κ2) is 11.5. The van der Waals surface area contributed by atoms with Crippen LogP contribution in [0.4, 0.5) is 4.39 Å². The van der Waals surface area contributed by atoms with Crippen molar-refractivity contribution >= 4 is 28.7 Å². The number of fused-ring (bicyclic) bond motifs is 1. The van der Waals surface area contributed by atoms with E-state index in [1.165, 1.54) is 18.2 Å². The number of nitrogens with zero attached hydrogens (tertiary/aromatic N) is 5. The summed E-state index contributed by atoms with van der Waals surface area (Å²) in [5.41, 5.74) is 2.21. The highest BCUT2D eigenvalue weighted by atomic mass is 35.5. The predicted molar refractivity (Wildman–Crippen MR) is 146 cm³/mol. The number of ether oxygens (including phenoxy) is 2. The number of aromatic carboxylic acids is 1. The van der Waals surface area contributed by atoms with Crippen LogP contribution in [-0.4, -0.2) is 61.3 Å². The summed E-state index contributed by atoms with van der Waals surface area (Å²) in [7, 11) is 0. The van der Waals surface area contributed by atoms with E-state index >= 15 is 0 Å². The minimum atomic E-state index is -1.05. The monoisotopic (exact) mass is 565 g/mol. The van der Waals surface area contributed by atoms with Gasteiger partial charge >= 0.3 is 5.97 Å². The zero-order valence-electron chi connectivity index (χ0n) is 21.8. The van der Waals surface area contributed by atoms with Gasteiger partial charge in [0.15, 0.2) is 22.9 Å². The number of piperidine rings is 1. The van der Waals surface area contributed by atoms with Crippen molar-refractivity contribution < 1.29 is 23.8 Å². The molecule has 1 atom stereocenters. The molecule has 2 aliphatic heterocycles. The summed E-state index contributed by atoms with van der Waals surface area (Å²) in [6, 6.07) is 13.1. The molecule has 3 aromatic heterocycles. The van der Waals surface area contributed by atoms with Gasteiger partial charge < -0.3 is 19.1 Å². The molecule has 2 saturated heterocycles. The average Bonchev–Trinajstić information content (AvgIpc) is 3.25. The van der Waals surface area contributed by atoms with Crippen molar-refractivity contribution in [2.75, 3.05) is 19.7 Å². The van der Waals surface area contributed by atoms with Gasteiger partial charge in [0.25, 0.3) is 0 Å². The Kier molecular flexibility index (Phi) is 7.64. The van der Waals surface area contributed by atoms with Crippen LogP contribution in [0, 0.1) is 11.7 Å². The molecule has 1 unspecified atom stereocenters. The number of benzene rings is 1. The van der Waals surface area contributed by atoms with Gasteiger partial charge in [0.1, 0.15) is 11.3 Å². The molecule has 9 nitrogen and oxygen atoms in total. The van der Waals surface area contributed by atoms with E-state index in [4.69, 9.17) is 26.1 Å². The van der Waals surface area contributed by atoms with Crippen molar-refractivity contribution in [2.45, 2.75) is 44.9 Å². The highest BCUT2D eigenvalue weighted by Gasteiger charge is 2.26. The fraction of sp³-hybridized carbons (Fsp3) is 0.379. The third-order valence-electron chi connectivity index (χ3n) is 7.53. The van der Waals surface area contributed by atoms with Crippen LogP contribution in [0.2, 0.25) is 5.02 Å². The zero-order valence-corrected chi connectivity index (χ0v) is 22.6. The third-order valence-corrected chi connectivity index (χ3v) is 7.76. The number of carboxylic acids is 1.